The van der Waals surface area contributed by atoms with Crippen molar-refractivity contribution < 1.29 is 13.2 Å². The summed E-state index contributed by atoms with van der Waals surface area (Å²) in [6.45, 7) is 0.250. The Kier molecular flexibility index (Phi) is 5.77. The third kappa shape index (κ3) is 4.33. The molecule has 2 aliphatic rings. The highest BCUT2D eigenvalue weighted by Gasteiger charge is 2.28. The van der Waals surface area contributed by atoms with Gasteiger partial charge in [0, 0.05) is 46.0 Å². The fourth-order valence-corrected chi connectivity index (χ4v) is 5.21. The minimum absolute atomic E-state index is 0.202. The maximum atomic E-state index is 12.9. The van der Waals surface area contributed by atoms with Crippen molar-refractivity contribution in [1.29, 1.82) is 0 Å². The number of benzene rings is 2. The van der Waals surface area contributed by atoms with E-state index in [1.807, 2.05) is 0 Å². The Morgan fingerprint density at radius 3 is 2.77 bits per heavy atom. The highest BCUT2D eigenvalue weighted by molar-refractivity contribution is 9.10. The summed E-state index contributed by atoms with van der Waals surface area (Å²) < 4.78 is 27.8. The topological polar surface area (TPSA) is 91.2 Å². The van der Waals surface area contributed by atoms with E-state index in [1.54, 1.807) is 48.5 Å². The Hall–Kier alpha value is -2.49. The summed E-state index contributed by atoms with van der Waals surface area (Å²) >= 11 is 9.23. The van der Waals surface area contributed by atoms with E-state index in [9.17, 15) is 13.2 Å². The van der Waals surface area contributed by atoms with Crippen molar-refractivity contribution in [3.63, 3.8) is 0 Å². The van der Waals surface area contributed by atoms with Crippen LogP contribution < -0.4 is 5.32 Å². The molecule has 1 unspecified atom stereocenters. The van der Waals surface area contributed by atoms with E-state index in [2.05, 4.69) is 31.2 Å². The number of halogens is 2. The van der Waals surface area contributed by atoms with E-state index in [0.717, 1.165) is 0 Å². The molecule has 0 radical (unpaired) electrons. The van der Waals surface area contributed by atoms with E-state index < -0.39 is 16.3 Å². The van der Waals surface area contributed by atoms with Crippen LogP contribution in [0.4, 0.5) is 0 Å². The molecule has 4 rings (SSSR count). The number of hydrogen-bond acceptors (Lipinski definition) is 5. The van der Waals surface area contributed by atoms with Crippen LogP contribution in [0.2, 0.25) is 5.02 Å². The van der Waals surface area contributed by atoms with Crippen LogP contribution in [-0.2, 0) is 10.0 Å². The van der Waals surface area contributed by atoms with Gasteiger partial charge < -0.3 is 5.32 Å². The number of carbonyl (C=O) groups is 1. The van der Waals surface area contributed by atoms with Crippen LogP contribution in [0.25, 0.3) is 0 Å². The number of allylic oxidation sites excluding steroid dienone is 1. The first-order chi connectivity index (χ1) is 14.3. The molecular weight excluding hydrogens is 492 g/mol. The largest absolute Gasteiger partial charge is 0.312 e. The number of nitrogens with zero attached hydrogens (tertiary/aromatic N) is 3. The van der Waals surface area contributed by atoms with Gasteiger partial charge in [-0.15, -0.1) is 0 Å². The maximum absolute atomic E-state index is 12.9. The number of carbonyl (C=O) groups excluding carboxylic acids is 1. The zero-order chi connectivity index (χ0) is 21.3. The van der Waals surface area contributed by atoms with Crippen molar-refractivity contribution in [3.05, 3.63) is 75.4 Å². The zero-order valence-electron chi connectivity index (χ0n) is 15.5. The summed E-state index contributed by atoms with van der Waals surface area (Å²) in [5.74, 6) is -0.342. The van der Waals surface area contributed by atoms with Crippen LogP contribution in [0.15, 0.2) is 79.7 Å². The second-order valence-electron chi connectivity index (χ2n) is 6.62. The molecule has 0 spiro atoms. The monoisotopic (exact) mass is 506 g/mol. The lowest BCUT2D eigenvalue weighted by Crippen LogP contribution is -2.38. The molecule has 2 heterocycles. The first-order valence-electron chi connectivity index (χ1n) is 8.99. The van der Waals surface area contributed by atoms with Gasteiger partial charge in [0.2, 0.25) is 6.29 Å². The third-order valence-electron chi connectivity index (χ3n) is 4.57. The van der Waals surface area contributed by atoms with Crippen molar-refractivity contribution in [2.45, 2.75) is 17.6 Å². The molecule has 0 aromatic heterocycles. The van der Waals surface area contributed by atoms with E-state index in [4.69, 9.17) is 11.6 Å². The number of rotatable bonds is 4. The minimum Gasteiger partial charge on any atom is -0.312 e. The van der Waals surface area contributed by atoms with Gasteiger partial charge in [-0.25, -0.2) is 18.4 Å². The van der Waals surface area contributed by atoms with Crippen LogP contribution in [0, 0.1) is 0 Å². The van der Waals surface area contributed by atoms with Crippen LogP contribution in [0.5, 0.6) is 0 Å². The smallest absolute Gasteiger partial charge is 0.263 e. The lowest BCUT2D eigenvalue weighted by molar-refractivity contribution is 0.0940. The first-order valence-corrected chi connectivity index (χ1v) is 11.6. The average molecular weight is 508 g/mol. The van der Waals surface area contributed by atoms with Gasteiger partial charge in [-0.3, -0.25) is 9.10 Å². The number of hydrogen-bond donors (Lipinski definition) is 1. The molecule has 0 fully saturated rings. The Bertz CT molecular complexity index is 1210. The van der Waals surface area contributed by atoms with Crippen LogP contribution in [0.1, 0.15) is 16.8 Å². The number of amides is 1. The molecule has 154 valence electrons. The molecular formula is C20H16BrClN4O3S. The summed E-state index contributed by atoms with van der Waals surface area (Å²) in [6, 6.07) is 13.2. The van der Waals surface area contributed by atoms with Gasteiger partial charge >= 0.3 is 0 Å². The molecule has 2 aromatic rings. The van der Waals surface area contributed by atoms with Crippen molar-refractivity contribution in [2.24, 2.45) is 9.98 Å². The van der Waals surface area contributed by atoms with Gasteiger partial charge in [0.1, 0.15) is 0 Å². The zero-order valence-corrected chi connectivity index (χ0v) is 18.7. The van der Waals surface area contributed by atoms with Gasteiger partial charge in [0.15, 0.2) is 0 Å². The lowest BCUT2D eigenvalue weighted by Gasteiger charge is -2.28. The number of nitrogens with one attached hydrogen (secondary N) is 1. The summed E-state index contributed by atoms with van der Waals surface area (Å²) in [4.78, 5) is 21.3. The fourth-order valence-electron chi connectivity index (χ4n) is 3.09. The second-order valence-corrected chi connectivity index (χ2v) is 9.86. The molecule has 0 saturated heterocycles. The Balaban J connectivity index is 1.51. The predicted octanol–water partition coefficient (Wildman–Crippen LogP) is 3.62. The molecule has 0 bridgehead atoms. The molecule has 2 aromatic carbocycles. The van der Waals surface area contributed by atoms with Crippen molar-refractivity contribution >= 4 is 55.4 Å². The van der Waals surface area contributed by atoms with Gasteiger partial charge in [-0.1, -0.05) is 39.7 Å². The standard InChI is InChI=1S/C20H16BrClN4O3S/c21-15-4-2-6-17(10-15)30(28,29)26-8-7-18-14(12-26)11-23-20(24-18)25-19(27)13-3-1-5-16(22)9-13/h1-6,9-12,20H,7-8H2,(H,25,27). The molecule has 10 heteroatoms. The number of sulfonamides is 1. The van der Waals surface area contributed by atoms with E-state index in [0.29, 0.717) is 32.8 Å². The Morgan fingerprint density at radius 1 is 1.20 bits per heavy atom. The number of aliphatic imine (C=N–C) groups is 2. The molecule has 7 nitrogen and oxygen atoms in total. The van der Waals surface area contributed by atoms with Crippen LogP contribution >= 0.6 is 27.5 Å². The average Bonchev–Trinajstić information content (AvgIpc) is 2.73. The van der Waals surface area contributed by atoms with Crippen molar-refractivity contribution in [3.8, 4) is 0 Å². The molecule has 1 amide bonds. The van der Waals surface area contributed by atoms with E-state index >= 15 is 0 Å². The highest BCUT2D eigenvalue weighted by atomic mass is 79.9. The Labute approximate surface area is 187 Å². The highest BCUT2D eigenvalue weighted by Crippen LogP contribution is 2.25. The molecule has 1 N–H and O–H groups in total. The summed E-state index contributed by atoms with van der Waals surface area (Å²) in [5, 5.41) is 3.18. The van der Waals surface area contributed by atoms with Gasteiger partial charge in [-0.2, -0.15) is 0 Å². The lowest BCUT2D eigenvalue weighted by atomic mass is 10.1. The van der Waals surface area contributed by atoms with Crippen molar-refractivity contribution in [1.82, 2.24) is 9.62 Å². The third-order valence-corrected chi connectivity index (χ3v) is 7.05. The maximum Gasteiger partial charge on any atom is 0.263 e. The molecule has 30 heavy (non-hydrogen) atoms. The van der Waals surface area contributed by atoms with Crippen LogP contribution in [0.3, 0.4) is 0 Å². The van der Waals surface area contributed by atoms with E-state index in [-0.39, 0.29) is 17.3 Å². The molecule has 0 saturated carbocycles. The van der Waals surface area contributed by atoms with Gasteiger partial charge in [0.25, 0.3) is 15.9 Å². The summed E-state index contributed by atoms with van der Waals surface area (Å²) in [6.07, 6.45) is 2.70. The van der Waals surface area contributed by atoms with Gasteiger partial charge in [-0.05, 0) is 36.4 Å². The predicted molar refractivity (Wildman–Crippen MR) is 119 cm³/mol. The summed E-state index contributed by atoms with van der Waals surface area (Å²) in [7, 11) is -3.68. The van der Waals surface area contributed by atoms with E-state index in [1.165, 1.54) is 16.7 Å². The molecule has 2 aliphatic heterocycles. The minimum atomic E-state index is -3.68. The summed E-state index contributed by atoms with van der Waals surface area (Å²) in [5.41, 5.74) is 1.71. The number of fused-ring (bicyclic) bond motifs is 1. The van der Waals surface area contributed by atoms with Gasteiger partial charge in [0.05, 0.1) is 10.6 Å². The first kappa shape index (κ1) is 20.8. The SMILES string of the molecule is O=C(NC1N=CC2=CN(S(=O)(=O)c3cccc(Br)c3)CCC2=N1)c1cccc(Cl)c1. The second kappa shape index (κ2) is 8.33. The van der Waals surface area contributed by atoms with Crippen LogP contribution in [-0.4, -0.2) is 43.4 Å². The normalized spacial score (nSPS) is 18.3. The molecule has 1 atom stereocenters. The fraction of sp³-hybridized carbons (Fsp3) is 0.150. The Morgan fingerprint density at radius 2 is 2.00 bits per heavy atom. The molecule has 0 aliphatic carbocycles. The quantitative estimate of drug-likeness (QED) is 0.685. The van der Waals surface area contributed by atoms with Crippen molar-refractivity contribution in [2.75, 3.05) is 6.54 Å².